The van der Waals surface area contributed by atoms with Crippen LogP contribution in [0.25, 0.3) is 10.9 Å². The van der Waals surface area contributed by atoms with Gasteiger partial charge in [0.2, 0.25) is 0 Å². The maximum atomic E-state index is 13.0. The van der Waals surface area contributed by atoms with Gasteiger partial charge in [-0.1, -0.05) is 31.4 Å². The van der Waals surface area contributed by atoms with Gasteiger partial charge in [-0.2, -0.15) is 22.1 Å². The monoisotopic (exact) mass is 391 g/mol. The molecule has 0 bridgehead atoms. The Kier molecular flexibility index (Phi) is 5.50. The second-order valence-electron chi connectivity index (χ2n) is 7.78. The van der Waals surface area contributed by atoms with E-state index >= 15 is 0 Å². The average molecular weight is 392 g/mol. The smallest absolute Gasteiger partial charge is 0.282 e. The van der Waals surface area contributed by atoms with E-state index in [1.807, 2.05) is 6.20 Å². The lowest BCUT2D eigenvalue weighted by molar-refractivity contribution is 0.170. The molecule has 1 aromatic carbocycles. The van der Waals surface area contributed by atoms with Crippen molar-refractivity contribution in [2.75, 3.05) is 33.2 Å². The van der Waals surface area contributed by atoms with E-state index in [1.54, 1.807) is 15.7 Å². The molecule has 2 fully saturated rings. The molecule has 1 aliphatic carbocycles. The van der Waals surface area contributed by atoms with Crippen molar-refractivity contribution in [3.63, 3.8) is 0 Å². The van der Waals surface area contributed by atoms with Crippen LogP contribution in [0.5, 0.6) is 0 Å². The normalized spacial score (nSPS) is 21.3. The summed E-state index contributed by atoms with van der Waals surface area (Å²) in [6.07, 6.45) is 7.31. The molecule has 0 amide bonds. The molecule has 148 valence electrons. The third-order valence-electron chi connectivity index (χ3n) is 6.02. The highest BCUT2D eigenvalue weighted by molar-refractivity contribution is 7.86. The standard InChI is InChI=1S/C19H29N5O2S/c1-22(18-5-3-2-4-6-18)27(25,26)24-11-9-23(10-12-24)15-16-7-8-17-14-20-21-19(17)13-16/h7-8,13-14,18H,2-6,9-12,15H2,1H3,(H,20,21). The number of nitrogens with zero attached hydrogens (tertiary/aromatic N) is 4. The zero-order chi connectivity index (χ0) is 18.9. The van der Waals surface area contributed by atoms with Crippen molar-refractivity contribution in [2.45, 2.75) is 44.7 Å². The van der Waals surface area contributed by atoms with Crippen LogP contribution in [-0.2, 0) is 16.8 Å². The van der Waals surface area contributed by atoms with Crippen LogP contribution >= 0.6 is 0 Å². The van der Waals surface area contributed by atoms with Crippen molar-refractivity contribution in [3.8, 4) is 0 Å². The van der Waals surface area contributed by atoms with Crippen molar-refractivity contribution >= 4 is 21.1 Å². The first-order valence-electron chi connectivity index (χ1n) is 9.91. The lowest BCUT2D eigenvalue weighted by atomic mass is 9.96. The Hall–Kier alpha value is -1.48. The van der Waals surface area contributed by atoms with Crippen LogP contribution in [0.4, 0.5) is 0 Å². The minimum atomic E-state index is -3.35. The number of nitrogens with one attached hydrogen (secondary N) is 1. The van der Waals surface area contributed by atoms with Gasteiger partial charge >= 0.3 is 0 Å². The van der Waals surface area contributed by atoms with Gasteiger partial charge in [0.15, 0.2) is 0 Å². The molecule has 0 radical (unpaired) electrons. The van der Waals surface area contributed by atoms with E-state index in [2.05, 4.69) is 33.3 Å². The summed E-state index contributed by atoms with van der Waals surface area (Å²) in [5.41, 5.74) is 2.27. The molecule has 7 nitrogen and oxygen atoms in total. The lowest BCUT2D eigenvalue weighted by Gasteiger charge is -2.38. The molecule has 1 saturated heterocycles. The largest absolute Gasteiger partial charge is 0.296 e. The Morgan fingerprint density at radius 2 is 1.89 bits per heavy atom. The van der Waals surface area contributed by atoms with Crippen molar-refractivity contribution in [3.05, 3.63) is 30.0 Å². The van der Waals surface area contributed by atoms with Gasteiger partial charge in [0.1, 0.15) is 0 Å². The van der Waals surface area contributed by atoms with Gasteiger partial charge in [-0.25, -0.2) is 0 Å². The maximum Gasteiger partial charge on any atom is 0.282 e. The number of aromatic nitrogens is 2. The number of benzene rings is 1. The highest BCUT2D eigenvalue weighted by atomic mass is 32.2. The second kappa shape index (κ2) is 7.87. The number of H-pyrrole nitrogens is 1. The molecule has 0 spiro atoms. The van der Waals surface area contributed by atoms with E-state index in [9.17, 15) is 8.42 Å². The van der Waals surface area contributed by atoms with Gasteiger partial charge in [0.05, 0.1) is 11.7 Å². The van der Waals surface area contributed by atoms with E-state index in [0.717, 1.165) is 56.2 Å². The van der Waals surface area contributed by atoms with Crippen LogP contribution in [0.15, 0.2) is 24.4 Å². The predicted octanol–water partition coefficient (Wildman–Crippen LogP) is 2.19. The summed E-state index contributed by atoms with van der Waals surface area (Å²) in [5, 5.41) is 8.18. The molecular weight excluding hydrogens is 362 g/mol. The molecule has 1 N–H and O–H groups in total. The Balaban J connectivity index is 1.34. The fraction of sp³-hybridized carbons (Fsp3) is 0.632. The van der Waals surface area contributed by atoms with Gasteiger partial charge in [-0.05, 0) is 24.5 Å². The van der Waals surface area contributed by atoms with Crippen molar-refractivity contribution in [1.82, 2.24) is 23.7 Å². The van der Waals surface area contributed by atoms with Gasteiger partial charge in [0, 0.05) is 51.2 Å². The maximum absolute atomic E-state index is 13.0. The summed E-state index contributed by atoms with van der Waals surface area (Å²) in [6.45, 7) is 3.48. The van der Waals surface area contributed by atoms with Gasteiger partial charge in [0.25, 0.3) is 10.2 Å². The fourth-order valence-electron chi connectivity index (χ4n) is 4.27. The van der Waals surface area contributed by atoms with E-state index in [1.165, 1.54) is 12.0 Å². The summed E-state index contributed by atoms with van der Waals surface area (Å²) in [6, 6.07) is 6.50. The van der Waals surface area contributed by atoms with Crippen molar-refractivity contribution in [1.29, 1.82) is 0 Å². The quantitative estimate of drug-likeness (QED) is 0.848. The second-order valence-corrected chi connectivity index (χ2v) is 9.77. The van der Waals surface area contributed by atoms with E-state index in [-0.39, 0.29) is 6.04 Å². The molecule has 0 unspecified atom stereocenters. The molecule has 1 aliphatic heterocycles. The fourth-order valence-corrected chi connectivity index (χ4v) is 5.85. The van der Waals surface area contributed by atoms with Crippen LogP contribution in [0.3, 0.4) is 0 Å². The van der Waals surface area contributed by atoms with Crippen LogP contribution in [0.2, 0.25) is 0 Å². The third-order valence-corrected chi connectivity index (χ3v) is 8.07. The molecule has 0 atom stereocenters. The zero-order valence-electron chi connectivity index (χ0n) is 16.0. The summed E-state index contributed by atoms with van der Waals surface area (Å²) in [7, 11) is -1.59. The molecule has 8 heteroatoms. The molecule has 1 aromatic heterocycles. The zero-order valence-corrected chi connectivity index (χ0v) is 16.8. The Morgan fingerprint density at radius 3 is 2.63 bits per heavy atom. The van der Waals surface area contributed by atoms with E-state index in [4.69, 9.17) is 0 Å². The summed E-state index contributed by atoms with van der Waals surface area (Å²) in [4.78, 5) is 2.32. The summed E-state index contributed by atoms with van der Waals surface area (Å²) < 4.78 is 29.3. The highest BCUT2D eigenvalue weighted by Gasteiger charge is 2.34. The highest BCUT2D eigenvalue weighted by Crippen LogP contribution is 2.25. The van der Waals surface area contributed by atoms with Gasteiger partial charge < -0.3 is 0 Å². The number of rotatable bonds is 5. The first-order chi connectivity index (χ1) is 13.0. The SMILES string of the molecule is CN(C1CCCCC1)S(=O)(=O)N1CCN(Cc2ccc3cn[nH]c3c2)CC1. The number of hydrogen-bond donors (Lipinski definition) is 1. The molecule has 2 heterocycles. The van der Waals surface area contributed by atoms with Gasteiger partial charge in [-0.3, -0.25) is 10.00 Å². The Labute approximate surface area is 161 Å². The van der Waals surface area contributed by atoms with Crippen LogP contribution in [0.1, 0.15) is 37.7 Å². The topological polar surface area (TPSA) is 72.5 Å². The summed E-state index contributed by atoms with van der Waals surface area (Å²) in [5.74, 6) is 0. The molecule has 2 aromatic rings. The van der Waals surface area contributed by atoms with Crippen LogP contribution in [0, 0.1) is 0 Å². The number of aromatic amines is 1. The number of hydrogen-bond acceptors (Lipinski definition) is 4. The van der Waals surface area contributed by atoms with Gasteiger partial charge in [-0.15, -0.1) is 0 Å². The minimum absolute atomic E-state index is 0.169. The van der Waals surface area contributed by atoms with E-state index < -0.39 is 10.2 Å². The molecular formula is C19H29N5O2S. The number of piperazine rings is 1. The van der Waals surface area contributed by atoms with Crippen molar-refractivity contribution < 1.29 is 8.42 Å². The van der Waals surface area contributed by atoms with E-state index in [0.29, 0.717) is 13.1 Å². The molecule has 1 saturated carbocycles. The average Bonchev–Trinajstić information content (AvgIpc) is 3.16. The molecule has 4 rings (SSSR count). The van der Waals surface area contributed by atoms with Crippen LogP contribution in [-0.4, -0.2) is 71.4 Å². The third kappa shape index (κ3) is 4.03. The predicted molar refractivity (Wildman–Crippen MR) is 106 cm³/mol. The first-order valence-corrected chi connectivity index (χ1v) is 11.3. The Bertz CT molecular complexity index is 867. The summed E-state index contributed by atoms with van der Waals surface area (Å²) >= 11 is 0. The lowest BCUT2D eigenvalue weighted by Crippen LogP contribution is -2.54. The van der Waals surface area contributed by atoms with Crippen molar-refractivity contribution in [2.24, 2.45) is 0 Å². The first kappa shape index (κ1) is 18.9. The molecule has 27 heavy (non-hydrogen) atoms. The molecule has 2 aliphatic rings. The number of fused-ring (bicyclic) bond motifs is 1. The van der Waals surface area contributed by atoms with Crippen LogP contribution < -0.4 is 0 Å². The Morgan fingerprint density at radius 1 is 1.15 bits per heavy atom. The minimum Gasteiger partial charge on any atom is -0.296 e.